The number of nitrogens with one attached hydrogen (secondary N) is 2. The summed E-state index contributed by atoms with van der Waals surface area (Å²) in [5.41, 5.74) is -1.04. The van der Waals surface area contributed by atoms with Crippen LogP contribution in [0.3, 0.4) is 0 Å². The molecule has 1 fully saturated rings. The van der Waals surface area contributed by atoms with Crippen LogP contribution in [0.1, 0.15) is 41.3 Å². The number of alkyl halides is 3. The van der Waals surface area contributed by atoms with Crippen LogP contribution in [0.25, 0.3) is 0 Å². The molecule has 32 heavy (non-hydrogen) atoms. The predicted molar refractivity (Wildman–Crippen MR) is 111 cm³/mol. The van der Waals surface area contributed by atoms with E-state index in [-0.39, 0.29) is 17.5 Å². The molecule has 0 radical (unpaired) electrons. The normalized spacial score (nSPS) is 21.6. The molecule has 1 heterocycles. The van der Waals surface area contributed by atoms with E-state index in [0.717, 1.165) is 18.2 Å². The highest BCUT2D eigenvalue weighted by atomic mass is 19.4. The number of carbonyl (C=O) groups is 2. The van der Waals surface area contributed by atoms with Crippen LogP contribution in [-0.4, -0.2) is 11.8 Å². The minimum absolute atomic E-state index is 0.163. The Balaban J connectivity index is 1.74. The monoisotopic (exact) mass is 444 g/mol. The van der Waals surface area contributed by atoms with Gasteiger partial charge in [-0.1, -0.05) is 32.1 Å². The van der Waals surface area contributed by atoms with Gasteiger partial charge in [0.2, 0.25) is 5.91 Å². The molecular weight excluding hydrogens is 424 g/mol. The average Bonchev–Trinajstić information content (AvgIpc) is 2.97. The lowest BCUT2D eigenvalue weighted by Crippen LogP contribution is -2.31. The van der Waals surface area contributed by atoms with Crippen LogP contribution in [0.4, 0.5) is 23.2 Å². The van der Waals surface area contributed by atoms with Crippen molar-refractivity contribution < 1.29 is 27.2 Å². The largest absolute Gasteiger partial charge is 0.417 e. The van der Waals surface area contributed by atoms with Gasteiger partial charge in [-0.15, -0.1) is 0 Å². The van der Waals surface area contributed by atoms with E-state index in [2.05, 4.69) is 10.6 Å². The van der Waals surface area contributed by atoms with Crippen molar-refractivity contribution in [2.75, 3.05) is 5.32 Å². The van der Waals surface area contributed by atoms with E-state index in [1.54, 1.807) is 26.0 Å². The SMILES string of the molecule is CC1(C)C(=O)NC2=CC=CC(c3ccc(C(F)(F)F)c(C(=O)Nc4ccc(F)cc4)c3)C21. The Morgan fingerprint density at radius 1 is 1.09 bits per heavy atom. The van der Waals surface area contributed by atoms with E-state index in [1.165, 1.54) is 24.3 Å². The lowest BCUT2D eigenvalue weighted by Gasteiger charge is -2.32. The lowest BCUT2D eigenvalue weighted by atomic mass is 9.68. The first-order valence-corrected chi connectivity index (χ1v) is 9.96. The zero-order chi connectivity index (χ0) is 23.3. The number of fused-ring (bicyclic) bond motifs is 1. The third kappa shape index (κ3) is 3.81. The number of allylic oxidation sites excluding steroid dienone is 4. The first-order chi connectivity index (χ1) is 15.0. The second-order valence-corrected chi connectivity index (χ2v) is 8.45. The Morgan fingerprint density at radius 2 is 1.78 bits per heavy atom. The minimum Gasteiger partial charge on any atom is -0.329 e. The molecule has 0 saturated carbocycles. The Bertz CT molecular complexity index is 1150. The van der Waals surface area contributed by atoms with Gasteiger partial charge in [-0.25, -0.2) is 4.39 Å². The molecule has 4 nitrogen and oxygen atoms in total. The van der Waals surface area contributed by atoms with E-state index in [4.69, 9.17) is 0 Å². The number of rotatable bonds is 3. The number of anilines is 1. The van der Waals surface area contributed by atoms with Gasteiger partial charge >= 0.3 is 6.18 Å². The second-order valence-electron chi connectivity index (χ2n) is 8.45. The summed E-state index contributed by atoms with van der Waals surface area (Å²) in [7, 11) is 0. The van der Waals surface area contributed by atoms with Gasteiger partial charge in [-0.05, 0) is 48.0 Å². The van der Waals surface area contributed by atoms with Gasteiger partial charge in [0.05, 0.1) is 16.5 Å². The van der Waals surface area contributed by atoms with E-state index in [9.17, 15) is 27.2 Å². The maximum absolute atomic E-state index is 13.7. The first kappa shape index (κ1) is 21.8. The molecule has 2 aromatic rings. The van der Waals surface area contributed by atoms with E-state index in [1.807, 2.05) is 6.08 Å². The van der Waals surface area contributed by atoms with Crippen LogP contribution in [0.5, 0.6) is 0 Å². The van der Waals surface area contributed by atoms with Crippen LogP contribution in [0.2, 0.25) is 0 Å². The highest BCUT2D eigenvalue weighted by Crippen LogP contribution is 2.49. The molecule has 0 bridgehead atoms. The molecule has 0 spiro atoms. The highest BCUT2D eigenvalue weighted by molar-refractivity contribution is 6.05. The molecule has 1 aliphatic carbocycles. The van der Waals surface area contributed by atoms with Crippen molar-refractivity contribution in [1.29, 1.82) is 0 Å². The summed E-state index contributed by atoms with van der Waals surface area (Å²) < 4.78 is 54.1. The number of hydrogen-bond donors (Lipinski definition) is 2. The van der Waals surface area contributed by atoms with Crippen LogP contribution in [-0.2, 0) is 11.0 Å². The third-order valence-corrected chi connectivity index (χ3v) is 5.99. The Labute approximate surface area is 182 Å². The van der Waals surface area contributed by atoms with Gasteiger partial charge in [-0.3, -0.25) is 9.59 Å². The number of hydrogen-bond acceptors (Lipinski definition) is 2. The summed E-state index contributed by atoms with van der Waals surface area (Å²) in [5.74, 6) is -2.35. The van der Waals surface area contributed by atoms with Crippen LogP contribution >= 0.6 is 0 Å². The predicted octanol–water partition coefficient (Wildman–Crippen LogP) is 5.41. The van der Waals surface area contributed by atoms with Crippen molar-refractivity contribution in [2.24, 2.45) is 11.3 Å². The van der Waals surface area contributed by atoms with E-state index < -0.39 is 40.4 Å². The zero-order valence-electron chi connectivity index (χ0n) is 17.3. The zero-order valence-corrected chi connectivity index (χ0v) is 17.3. The molecule has 2 unspecified atom stereocenters. The summed E-state index contributed by atoms with van der Waals surface area (Å²) in [6.07, 6.45) is 0.597. The Kier molecular flexibility index (Phi) is 5.19. The van der Waals surface area contributed by atoms with Crippen LogP contribution in [0.15, 0.2) is 66.4 Å². The fraction of sp³-hybridized carbons (Fsp3) is 0.250. The molecule has 4 rings (SSSR count). The van der Waals surface area contributed by atoms with Gasteiger partial charge in [0, 0.05) is 23.2 Å². The Hall–Kier alpha value is -3.42. The van der Waals surface area contributed by atoms with Gasteiger partial charge in [0.15, 0.2) is 0 Å². The summed E-state index contributed by atoms with van der Waals surface area (Å²) >= 11 is 0. The van der Waals surface area contributed by atoms with Crippen LogP contribution < -0.4 is 10.6 Å². The van der Waals surface area contributed by atoms with Crippen molar-refractivity contribution in [1.82, 2.24) is 5.32 Å². The summed E-state index contributed by atoms with van der Waals surface area (Å²) in [5, 5.41) is 5.23. The molecule has 2 aliphatic rings. The van der Waals surface area contributed by atoms with Gasteiger partial charge in [-0.2, -0.15) is 13.2 Å². The maximum atomic E-state index is 13.7. The lowest BCUT2D eigenvalue weighted by molar-refractivity contribution is -0.137. The van der Waals surface area contributed by atoms with Crippen molar-refractivity contribution in [3.63, 3.8) is 0 Å². The third-order valence-electron chi connectivity index (χ3n) is 5.99. The van der Waals surface area contributed by atoms with Crippen molar-refractivity contribution in [2.45, 2.75) is 25.9 Å². The summed E-state index contributed by atoms with van der Waals surface area (Å²) in [6, 6.07) is 8.19. The molecule has 1 aliphatic heterocycles. The number of amides is 2. The van der Waals surface area contributed by atoms with E-state index in [0.29, 0.717) is 11.3 Å². The second kappa shape index (κ2) is 7.62. The summed E-state index contributed by atoms with van der Waals surface area (Å²) in [6.45, 7) is 3.57. The van der Waals surface area contributed by atoms with Crippen LogP contribution in [0, 0.1) is 17.2 Å². The first-order valence-electron chi connectivity index (χ1n) is 9.96. The molecule has 166 valence electrons. The van der Waals surface area contributed by atoms with Gasteiger partial charge < -0.3 is 10.6 Å². The number of benzene rings is 2. The fourth-order valence-corrected chi connectivity index (χ4v) is 4.32. The van der Waals surface area contributed by atoms with Gasteiger partial charge in [0.1, 0.15) is 5.82 Å². The highest BCUT2D eigenvalue weighted by Gasteiger charge is 2.50. The Morgan fingerprint density at radius 3 is 2.44 bits per heavy atom. The standard InChI is InChI=1S/C24H20F4N2O2/c1-23(2)20-16(4-3-5-19(20)30-22(23)32)13-6-11-18(24(26,27)28)17(12-13)21(31)29-15-9-7-14(25)8-10-15/h3-12,16,20H,1-2H3,(H,29,31)(H,30,32). The number of carbonyl (C=O) groups excluding carboxylic acids is 2. The maximum Gasteiger partial charge on any atom is 0.417 e. The summed E-state index contributed by atoms with van der Waals surface area (Å²) in [4.78, 5) is 25.2. The topological polar surface area (TPSA) is 58.2 Å². The molecule has 0 aromatic heterocycles. The molecule has 2 aromatic carbocycles. The molecule has 2 N–H and O–H groups in total. The van der Waals surface area contributed by atoms with Crippen molar-refractivity contribution in [3.05, 3.63) is 88.9 Å². The van der Waals surface area contributed by atoms with Gasteiger partial charge in [0.25, 0.3) is 5.91 Å². The number of halogens is 4. The van der Waals surface area contributed by atoms with E-state index >= 15 is 0 Å². The molecule has 1 saturated heterocycles. The minimum atomic E-state index is -4.74. The fourth-order valence-electron chi connectivity index (χ4n) is 4.32. The molecular formula is C24H20F4N2O2. The average molecular weight is 444 g/mol. The van der Waals surface area contributed by atoms with Crippen molar-refractivity contribution in [3.8, 4) is 0 Å². The molecule has 2 amide bonds. The molecule has 2 atom stereocenters. The smallest absolute Gasteiger partial charge is 0.329 e. The quantitative estimate of drug-likeness (QED) is 0.623. The van der Waals surface area contributed by atoms with Crippen molar-refractivity contribution >= 4 is 17.5 Å². The molecule has 8 heteroatoms.